The lowest BCUT2D eigenvalue weighted by Crippen LogP contribution is -2.09. The summed E-state index contributed by atoms with van der Waals surface area (Å²) in [6.45, 7) is 8.20. The fourth-order valence-corrected chi connectivity index (χ4v) is 3.00. The highest BCUT2D eigenvalue weighted by Gasteiger charge is 2.19. The molecule has 5 nitrogen and oxygen atoms in total. The number of hydrogen-bond donors (Lipinski definition) is 0. The molecule has 0 radical (unpaired) electrons. The average molecular weight is 323 g/mol. The highest BCUT2D eigenvalue weighted by atomic mass is 16.5. The van der Waals surface area contributed by atoms with Crippen molar-refractivity contribution in [1.82, 2.24) is 14.6 Å². The van der Waals surface area contributed by atoms with E-state index in [1.807, 2.05) is 13.8 Å². The molecule has 0 aliphatic heterocycles. The molecule has 5 heteroatoms. The van der Waals surface area contributed by atoms with Crippen LogP contribution in [0, 0.1) is 27.7 Å². The van der Waals surface area contributed by atoms with Gasteiger partial charge in [-0.1, -0.05) is 23.8 Å². The van der Waals surface area contributed by atoms with Gasteiger partial charge in [0.2, 0.25) is 0 Å². The predicted molar refractivity (Wildman–Crippen MR) is 92.5 cm³/mol. The third-order valence-corrected chi connectivity index (χ3v) is 4.49. The summed E-state index contributed by atoms with van der Waals surface area (Å²) < 4.78 is 6.53. The fourth-order valence-electron chi connectivity index (χ4n) is 3.00. The molecule has 0 amide bonds. The first kappa shape index (κ1) is 16.2. The molecule has 0 unspecified atom stereocenters. The Morgan fingerprint density at radius 3 is 2.67 bits per heavy atom. The molecule has 0 N–H and O–H groups in total. The number of hydrogen-bond acceptors (Lipinski definition) is 4. The zero-order chi connectivity index (χ0) is 17.4. The Morgan fingerprint density at radius 1 is 1.21 bits per heavy atom. The molecule has 0 spiro atoms. The van der Waals surface area contributed by atoms with E-state index in [1.165, 1.54) is 30.0 Å². The Hall–Kier alpha value is -2.69. The van der Waals surface area contributed by atoms with Crippen molar-refractivity contribution in [3.05, 3.63) is 63.6 Å². The molecule has 2 aromatic heterocycles. The number of fused-ring (bicyclic) bond motifs is 1. The van der Waals surface area contributed by atoms with Crippen molar-refractivity contribution in [2.24, 2.45) is 0 Å². The maximum atomic E-state index is 11.9. The Bertz CT molecular complexity index is 941. The molecule has 3 aromatic rings. The molecule has 3 rings (SSSR count). The first-order valence-electron chi connectivity index (χ1n) is 7.90. The van der Waals surface area contributed by atoms with Gasteiger partial charge in [-0.25, -0.2) is 14.3 Å². The minimum Gasteiger partial charge on any atom is -0.465 e. The topological polar surface area (TPSA) is 56.5 Å². The molecular weight excluding hydrogens is 302 g/mol. The lowest BCUT2D eigenvalue weighted by atomic mass is 9.97. The largest absolute Gasteiger partial charge is 0.465 e. The number of ether oxygens (including phenoxy) is 1. The fraction of sp³-hybridized carbons (Fsp3) is 0.316. The van der Waals surface area contributed by atoms with E-state index < -0.39 is 5.97 Å². The van der Waals surface area contributed by atoms with E-state index in [0.717, 1.165) is 23.4 Å². The van der Waals surface area contributed by atoms with Crippen LogP contribution in [-0.2, 0) is 11.2 Å². The summed E-state index contributed by atoms with van der Waals surface area (Å²) in [7, 11) is 1.36. The Labute approximate surface area is 141 Å². The smallest absolute Gasteiger partial charge is 0.343 e. The van der Waals surface area contributed by atoms with E-state index in [2.05, 4.69) is 42.1 Å². The second kappa shape index (κ2) is 6.07. The van der Waals surface area contributed by atoms with Crippen LogP contribution in [0.1, 0.15) is 44.0 Å². The van der Waals surface area contributed by atoms with Gasteiger partial charge in [-0.3, -0.25) is 0 Å². The second-order valence-electron chi connectivity index (χ2n) is 6.15. The zero-order valence-corrected chi connectivity index (χ0v) is 14.7. The van der Waals surface area contributed by atoms with Crippen LogP contribution in [0.25, 0.3) is 5.65 Å². The van der Waals surface area contributed by atoms with Crippen LogP contribution >= 0.6 is 0 Å². The summed E-state index contributed by atoms with van der Waals surface area (Å²) in [5.41, 5.74) is 7.75. The Morgan fingerprint density at radius 2 is 1.96 bits per heavy atom. The van der Waals surface area contributed by atoms with Crippen molar-refractivity contribution in [2.45, 2.75) is 34.1 Å². The SMILES string of the molecule is COC(=O)c1cnn2c(C)c(Cc3cc(C)ccc3C)c(C)nc12. The lowest BCUT2D eigenvalue weighted by Gasteiger charge is -2.13. The van der Waals surface area contributed by atoms with Gasteiger partial charge < -0.3 is 4.74 Å². The third-order valence-electron chi connectivity index (χ3n) is 4.49. The molecule has 24 heavy (non-hydrogen) atoms. The molecule has 0 bridgehead atoms. The lowest BCUT2D eigenvalue weighted by molar-refractivity contribution is 0.0602. The van der Waals surface area contributed by atoms with E-state index in [0.29, 0.717) is 11.2 Å². The number of esters is 1. The molecule has 124 valence electrons. The quantitative estimate of drug-likeness (QED) is 0.694. The number of carbonyl (C=O) groups is 1. The molecular formula is C19H21N3O2. The van der Waals surface area contributed by atoms with Gasteiger partial charge in [0, 0.05) is 17.8 Å². The van der Waals surface area contributed by atoms with Crippen molar-refractivity contribution in [3.8, 4) is 0 Å². The Kier molecular flexibility index (Phi) is 4.09. The summed E-state index contributed by atoms with van der Waals surface area (Å²) in [5.74, 6) is -0.418. The van der Waals surface area contributed by atoms with Crippen LogP contribution < -0.4 is 0 Å². The van der Waals surface area contributed by atoms with Crippen LogP contribution in [0.3, 0.4) is 0 Å². The van der Waals surface area contributed by atoms with E-state index in [1.54, 1.807) is 4.52 Å². The maximum Gasteiger partial charge on any atom is 0.343 e. The molecule has 0 aliphatic rings. The summed E-state index contributed by atoms with van der Waals surface area (Å²) >= 11 is 0. The van der Waals surface area contributed by atoms with Crippen LogP contribution in [0.2, 0.25) is 0 Å². The molecule has 2 heterocycles. The number of aryl methyl sites for hydroxylation is 4. The van der Waals surface area contributed by atoms with Gasteiger partial charge in [-0.15, -0.1) is 0 Å². The van der Waals surface area contributed by atoms with Crippen molar-refractivity contribution < 1.29 is 9.53 Å². The highest BCUT2D eigenvalue weighted by Crippen LogP contribution is 2.22. The van der Waals surface area contributed by atoms with Crippen molar-refractivity contribution in [1.29, 1.82) is 0 Å². The van der Waals surface area contributed by atoms with E-state index in [4.69, 9.17) is 4.74 Å². The van der Waals surface area contributed by atoms with Crippen molar-refractivity contribution in [3.63, 3.8) is 0 Å². The van der Waals surface area contributed by atoms with E-state index in [-0.39, 0.29) is 0 Å². The van der Waals surface area contributed by atoms with E-state index >= 15 is 0 Å². The van der Waals surface area contributed by atoms with Crippen LogP contribution in [0.5, 0.6) is 0 Å². The highest BCUT2D eigenvalue weighted by molar-refractivity contribution is 5.95. The molecule has 0 atom stereocenters. The van der Waals surface area contributed by atoms with Gasteiger partial charge >= 0.3 is 5.97 Å². The Balaban J connectivity index is 2.13. The summed E-state index contributed by atoms with van der Waals surface area (Å²) in [6.07, 6.45) is 2.31. The van der Waals surface area contributed by atoms with Gasteiger partial charge in [0.05, 0.1) is 13.3 Å². The van der Waals surface area contributed by atoms with Crippen LogP contribution in [-0.4, -0.2) is 27.7 Å². The van der Waals surface area contributed by atoms with Gasteiger partial charge in [0.15, 0.2) is 5.65 Å². The molecule has 1 aromatic carbocycles. The average Bonchev–Trinajstić information content (AvgIpc) is 2.97. The van der Waals surface area contributed by atoms with E-state index in [9.17, 15) is 4.79 Å². The first-order chi connectivity index (χ1) is 11.4. The molecule has 0 aliphatic carbocycles. The number of nitrogens with zero attached hydrogens (tertiary/aromatic N) is 3. The molecule has 0 saturated heterocycles. The maximum absolute atomic E-state index is 11.9. The zero-order valence-electron chi connectivity index (χ0n) is 14.7. The van der Waals surface area contributed by atoms with Crippen molar-refractivity contribution >= 4 is 11.6 Å². The minimum absolute atomic E-state index is 0.391. The summed E-state index contributed by atoms with van der Waals surface area (Å²) in [5, 5.41) is 4.32. The monoisotopic (exact) mass is 323 g/mol. The predicted octanol–water partition coefficient (Wildman–Crippen LogP) is 3.34. The number of aromatic nitrogens is 3. The number of carbonyl (C=O) groups excluding carboxylic acids is 1. The summed E-state index contributed by atoms with van der Waals surface area (Å²) in [4.78, 5) is 16.5. The second-order valence-corrected chi connectivity index (χ2v) is 6.15. The standard InChI is InChI=1S/C19H21N3O2/c1-11-6-7-12(2)15(8-11)9-16-13(3)21-18-17(19(23)24-5)10-20-22(18)14(16)4/h6-8,10H,9H2,1-5H3. The van der Waals surface area contributed by atoms with Crippen molar-refractivity contribution in [2.75, 3.05) is 7.11 Å². The van der Waals surface area contributed by atoms with Gasteiger partial charge in [-0.2, -0.15) is 5.10 Å². The van der Waals surface area contributed by atoms with Crippen LogP contribution in [0.4, 0.5) is 0 Å². The number of rotatable bonds is 3. The van der Waals surface area contributed by atoms with Gasteiger partial charge in [0.1, 0.15) is 5.56 Å². The third kappa shape index (κ3) is 2.66. The van der Waals surface area contributed by atoms with Gasteiger partial charge in [0.25, 0.3) is 0 Å². The summed E-state index contributed by atoms with van der Waals surface area (Å²) in [6, 6.07) is 6.47. The number of methoxy groups -OCH3 is 1. The number of benzene rings is 1. The molecule has 0 fully saturated rings. The normalized spacial score (nSPS) is 11.0. The minimum atomic E-state index is -0.418. The van der Waals surface area contributed by atoms with Crippen LogP contribution in [0.15, 0.2) is 24.4 Å². The first-order valence-corrected chi connectivity index (χ1v) is 7.90. The molecule has 0 saturated carbocycles. The van der Waals surface area contributed by atoms with Gasteiger partial charge in [-0.05, 0) is 44.4 Å².